The molecule has 0 amide bonds. The maximum absolute atomic E-state index is 14.8. The molecule has 190 valence electrons. The van der Waals surface area contributed by atoms with Gasteiger partial charge in [-0.3, -0.25) is 0 Å². The van der Waals surface area contributed by atoms with Crippen LogP contribution in [-0.2, 0) is 17.5 Å². The molecule has 0 unspecified atom stereocenters. The van der Waals surface area contributed by atoms with Gasteiger partial charge >= 0.3 is 0 Å². The van der Waals surface area contributed by atoms with Crippen molar-refractivity contribution >= 4 is 23.1 Å². The van der Waals surface area contributed by atoms with E-state index in [2.05, 4.69) is 39.8 Å². The normalized spacial score (nSPS) is 12.9. The Labute approximate surface area is 226 Å². The molecule has 0 atom stereocenters. The van der Waals surface area contributed by atoms with E-state index < -0.39 is 7.14 Å². The van der Waals surface area contributed by atoms with Gasteiger partial charge in [-0.2, -0.15) is 5.10 Å². The molecule has 3 heterocycles. The van der Waals surface area contributed by atoms with Crippen LogP contribution in [0.3, 0.4) is 0 Å². The van der Waals surface area contributed by atoms with Crippen molar-refractivity contribution in [3.05, 3.63) is 121 Å². The third-order valence-electron chi connectivity index (χ3n) is 7.27. The molecule has 1 aliphatic rings. The lowest BCUT2D eigenvalue weighted by atomic mass is 9.97. The van der Waals surface area contributed by atoms with Gasteiger partial charge in [0.25, 0.3) is 5.95 Å². The maximum atomic E-state index is 14.8. The number of hydrogen-bond donors (Lipinski definition) is 0. The van der Waals surface area contributed by atoms with Gasteiger partial charge in [0.2, 0.25) is 0 Å². The van der Waals surface area contributed by atoms with Crippen LogP contribution in [0, 0.1) is 0 Å². The van der Waals surface area contributed by atoms with Crippen molar-refractivity contribution in [2.24, 2.45) is 0 Å². The number of tetrazole rings is 1. The molecule has 6 aromatic rings. The minimum absolute atomic E-state index is 0.625. The van der Waals surface area contributed by atoms with Crippen LogP contribution in [0.5, 0.6) is 0 Å². The summed E-state index contributed by atoms with van der Waals surface area (Å²) in [4.78, 5) is 0. The zero-order valence-electron chi connectivity index (χ0n) is 21.1. The van der Waals surface area contributed by atoms with Crippen LogP contribution in [0.1, 0.15) is 12.1 Å². The Morgan fingerprint density at radius 1 is 0.667 bits per heavy atom. The van der Waals surface area contributed by atoms with E-state index in [9.17, 15) is 4.57 Å². The van der Waals surface area contributed by atoms with E-state index in [-0.39, 0.29) is 0 Å². The van der Waals surface area contributed by atoms with Gasteiger partial charge < -0.3 is 4.57 Å². The molecule has 0 spiro atoms. The van der Waals surface area contributed by atoms with Crippen LogP contribution >= 0.6 is 7.14 Å². The van der Waals surface area contributed by atoms with Crippen LogP contribution in [-0.4, -0.2) is 30.0 Å². The third kappa shape index (κ3) is 3.94. The lowest BCUT2D eigenvalue weighted by molar-refractivity contribution is 0.566. The zero-order chi connectivity index (χ0) is 26.2. The van der Waals surface area contributed by atoms with E-state index in [1.807, 2.05) is 95.7 Å². The molecule has 0 saturated heterocycles. The van der Waals surface area contributed by atoms with Crippen LogP contribution < -0.4 is 15.9 Å². The van der Waals surface area contributed by atoms with Gasteiger partial charge in [0.1, 0.15) is 5.69 Å². The lowest BCUT2D eigenvalue weighted by Crippen LogP contribution is -2.24. The van der Waals surface area contributed by atoms with Crippen molar-refractivity contribution in [1.29, 1.82) is 0 Å². The highest BCUT2D eigenvalue weighted by Gasteiger charge is 2.30. The summed E-state index contributed by atoms with van der Waals surface area (Å²) in [6.45, 7) is 0.738. The quantitative estimate of drug-likeness (QED) is 0.301. The molecule has 8 heteroatoms. The van der Waals surface area contributed by atoms with E-state index in [4.69, 9.17) is 5.10 Å². The predicted octanol–water partition coefficient (Wildman–Crippen LogP) is 4.78. The summed E-state index contributed by atoms with van der Waals surface area (Å²) in [5.41, 5.74) is 5.05. The Kier molecular flexibility index (Phi) is 5.79. The number of hydrogen-bond acceptors (Lipinski definition) is 5. The van der Waals surface area contributed by atoms with E-state index in [0.717, 1.165) is 63.4 Å². The first kappa shape index (κ1) is 23.5. The standard InChI is InChI=1S/C31H25N6OP/c38-39(25-13-6-2-7-14-25,26-15-8-3-9-16-26)27-20-18-23(19-21-27)29-28-17-10-22-36-31(32-34-35-36)37(28)33-30(29)24-11-4-1-5-12-24/h1-9,11-16,18-21H,10,17,22H2. The Bertz CT molecular complexity index is 1750. The van der Waals surface area contributed by atoms with Crippen molar-refractivity contribution < 1.29 is 4.57 Å². The Balaban J connectivity index is 1.40. The van der Waals surface area contributed by atoms with Crippen LogP contribution in [0.25, 0.3) is 28.3 Å². The number of rotatable bonds is 5. The summed E-state index contributed by atoms with van der Waals surface area (Å²) >= 11 is 0. The van der Waals surface area contributed by atoms with Crippen molar-refractivity contribution in [2.75, 3.05) is 0 Å². The van der Waals surface area contributed by atoms with Gasteiger partial charge in [-0.1, -0.05) is 120 Å². The summed E-state index contributed by atoms with van der Waals surface area (Å²) in [5.74, 6) is 0.625. The van der Waals surface area contributed by atoms with Gasteiger partial charge in [0.05, 0.1) is 5.69 Å². The third-order valence-corrected chi connectivity index (χ3v) is 10.3. The number of fused-ring (bicyclic) bond motifs is 3. The topological polar surface area (TPSA) is 78.5 Å². The van der Waals surface area contributed by atoms with E-state index in [1.54, 1.807) is 4.68 Å². The first-order valence-electron chi connectivity index (χ1n) is 13.0. The van der Waals surface area contributed by atoms with Crippen molar-refractivity contribution in [3.63, 3.8) is 0 Å². The van der Waals surface area contributed by atoms with Crippen molar-refractivity contribution in [1.82, 2.24) is 30.0 Å². The second-order valence-electron chi connectivity index (χ2n) is 9.58. The number of nitrogens with zero attached hydrogens (tertiary/aromatic N) is 6. The molecule has 7 nitrogen and oxygen atoms in total. The van der Waals surface area contributed by atoms with Gasteiger partial charge in [-0.05, 0) is 28.8 Å². The molecule has 7 rings (SSSR count). The molecule has 0 fully saturated rings. The van der Waals surface area contributed by atoms with E-state index in [0.29, 0.717) is 5.95 Å². The summed E-state index contributed by atoms with van der Waals surface area (Å²) in [6.07, 6.45) is 1.73. The largest absolute Gasteiger partial charge is 0.309 e. The summed E-state index contributed by atoms with van der Waals surface area (Å²) in [7, 11) is -3.06. The average Bonchev–Trinajstić information content (AvgIpc) is 3.59. The van der Waals surface area contributed by atoms with Crippen LogP contribution in [0.15, 0.2) is 115 Å². The van der Waals surface area contributed by atoms with E-state index in [1.165, 1.54) is 0 Å². The molecular formula is C31H25N6OP. The molecule has 39 heavy (non-hydrogen) atoms. The number of aromatic nitrogens is 6. The van der Waals surface area contributed by atoms with Crippen LogP contribution in [0.4, 0.5) is 0 Å². The highest BCUT2D eigenvalue weighted by Crippen LogP contribution is 2.43. The molecule has 0 N–H and O–H groups in total. The summed E-state index contributed by atoms with van der Waals surface area (Å²) < 4.78 is 18.5. The molecule has 0 saturated carbocycles. The van der Waals surface area contributed by atoms with Gasteiger partial charge in [-0.15, -0.1) is 0 Å². The number of aryl methyl sites for hydroxylation is 1. The molecule has 1 aliphatic heterocycles. The predicted molar refractivity (Wildman–Crippen MR) is 154 cm³/mol. The smallest absolute Gasteiger partial charge is 0.270 e. The fraction of sp³-hybridized carbons (Fsp3) is 0.0968. The fourth-order valence-electron chi connectivity index (χ4n) is 5.40. The van der Waals surface area contributed by atoms with Gasteiger partial charge in [0, 0.05) is 33.6 Å². The maximum Gasteiger partial charge on any atom is 0.270 e. The van der Waals surface area contributed by atoms with Gasteiger partial charge in [0.15, 0.2) is 7.14 Å². The first-order valence-corrected chi connectivity index (χ1v) is 14.7. The minimum Gasteiger partial charge on any atom is -0.309 e. The van der Waals surface area contributed by atoms with E-state index >= 15 is 0 Å². The number of benzene rings is 4. The Morgan fingerprint density at radius 3 is 1.90 bits per heavy atom. The van der Waals surface area contributed by atoms with Crippen LogP contribution in [0.2, 0.25) is 0 Å². The first-order chi connectivity index (χ1) is 19.2. The lowest BCUT2D eigenvalue weighted by Gasteiger charge is -2.20. The SMILES string of the molecule is O=P(c1ccccc1)(c1ccccc1)c1ccc(-c2c(-c3ccccc3)nn3c2CCCn2nnnc2-3)cc1. The fourth-order valence-corrected chi connectivity index (χ4v) is 8.05. The van der Waals surface area contributed by atoms with Crippen molar-refractivity contribution in [2.45, 2.75) is 19.4 Å². The summed E-state index contributed by atoms with van der Waals surface area (Å²) in [5, 5.41) is 19.8. The molecular weight excluding hydrogens is 503 g/mol. The monoisotopic (exact) mass is 528 g/mol. The zero-order valence-corrected chi connectivity index (χ0v) is 22.0. The highest BCUT2D eigenvalue weighted by molar-refractivity contribution is 7.85. The van der Waals surface area contributed by atoms with Gasteiger partial charge in [-0.25, -0.2) is 9.36 Å². The Morgan fingerprint density at radius 2 is 1.26 bits per heavy atom. The summed E-state index contributed by atoms with van der Waals surface area (Å²) in [6, 6.07) is 37.9. The highest BCUT2D eigenvalue weighted by atomic mass is 31.2. The molecule has 0 aliphatic carbocycles. The average molecular weight is 529 g/mol. The second-order valence-corrected chi connectivity index (χ2v) is 12.3. The minimum atomic E-state index is -3.06. The second kappa shape index (κ2) is 9.61. The molecule has 0 radical (unpaired) electrons. The van der Waals surface area contributed by atoms with Crippen molar-refractivity contribution in [3.8, 4) is 28.3 Å². The molecule has 2 aromatic heterocycles. The Hall–Kier alpha value is -4.61. The molecule has 4 aromatic carbocycles. The molecule has 0 bridgehead atoms.